The molecule has 74 valence electrons. The fraction of sp³-hybridized carbons (Fsp3) is 0.364. The maximum absolute atomic E-state index is 11.4. The van der Waals surface area contributed by atoms with Crippen molar-refractivity contribution in [2.45, 2.75) is 26.8 Å². The molecule has 0 atom stereocenters. The summed E-state index contributed by atoms with van der Waals surface area (Å²) in [5.41, 5.74) is 2.68. The molecule has 2 rings (SSSR count). The number of oxazole rings is 1. The van der Waals surface area contributed by atoms with Gasteiger partial charge in [0, 0.05) is 6.54 Å². The van der Waals surface area contributed by atoms with Gasteiger partial charge in [-0.05, 0) is 31.0 Å². The van der Waals surface area contributed by atoms with E-state index in [1.165, 1.54) is 0 Å². The molecule has 1 aromatic carbocycles. The van der Waals surface area contributed by atoms with Gasteiger partial charge in [-0.15, -0.1) is 0 Å². The Morgan fingerprint density at radius 3 is 2.93 bits per heavy atom. The highest BCUT2D eigenvalue weighted by atomic mass is 16.4. The Morgan fingerprint density at radius 2 is 2.21 bits per heavy atom. The summed E-state index contributed by atoms with van der Waals surface area (Å²) >= 11 is 0. The highest BCUT2D eigenvalue weighted by Crippen LogP contribution is 2.14. The summed E-state index contributed by atoms with van der Waals surface area (Å²) in [4.78, 5) is 11.4. The van der Waals surface area contributed by atoms with Crippen molar-refractivity contribution in [3.8, 4) is 0 Å². The second kappa shape index (κ2) is 3.33. The van der Waals surface area contributed by atoms with Crippen LogP contribution in [0.25, 0.3) is 11.1 Å². The summed E-state index contributed by atoms with van der Waals surface area (Å²) in [5, 5.41) is 0. The first kappa shape index (κ1) is 9.06. The minimum Gasteiger partial charge on any atom is -0.408 e. The summed E-state index contributed by atoms with van der Waals surface area (Å²) in [7, 11) is 0. The molecule has 14 heavy (non-hydrogen) atoms. The number of rotatable bonds is 2. The molecular formula is C11H13NO2. The Labute approximate surface area is 82.0 Å². The normalized spacial score (nSPS) is 11.0. The Hall–Kier alpha value is -1.51. The monoisotopic (exact) mass is 191 g/mol. The van der Waals surface area contributed by atoms with E-state index in [-0.39, 0.29) is 5.76 Å². The predicted molar refractivity (Wildman–Crippen MR) is 55.5 cm³/mol. The van der Waals surface area contributed by atoms with Gasteiger partial charge < -0.3 is 4.42 Å². The van der Waals surface area contributed by atoms with E-state index in [9.17, 15) is 4.79 Å². The van der Waals surface area contributed by atoms with Gasteiger partial charge in [0.05, 0.1) is 5.52 Å². The second-order valence-corrected chi connectivity index (χ2v) is 3.49. The molecule has 0 aliphatic carbocycles. The predicted octanol–water partition coefficient (Wildman–Crippen LogP) is 2.31. The van der Waals surface area contributed by atoms with E-state index in [4.69, 9.17) is 4.42 Å². The molecule has 0 aliphatic rings. The van der Waals surface area contributed by atoms with Crippen LogP contribution in [0.2, 0.25) is 0 Å². The van der Waals surface area contributed by atoms with Crippen LogP contribution >= 0.6 is 0 Å². The smallest absolute Gasteiger partial charge is 0.408 e. The van der Waals surface area contributed by atoms with Crippen molar-refractivity contribution < 1.29 is 4.42 Å². The van der Waals surface area contributed by atoms with Crippen LogP contribution in [-0.4, -0.2) is 4.57 Å². The van der Waals surface area contributed by atoms with Gasteiger partial charge in [0.15, 0.2) is 5.58 Å². The highest BCUT2D eigenvalue weighted by Gasteiger charge is 2.07. The van der Waals surface area contributed by atoms with E-state index >= 15 is 0 Å². The molecule has 0 amide bonds. The van der Waals surface area contributed by atoms with E-state index in [1.54, 1.807) is 4.57 Å². The fourth-order valence-electron chi connectivity index (χ4n) is 1.61. The zero-order valence-electron chi connectivity index (χ0n) is 8.41. The molecule has 1 heterocycles. The van der Waals surface area contributed by atoms with Crippen molar-refractivity contribution in [3.05, 3.63) is 34.3 Å². The standard InChI is InChI=1S/C11H13NO2/c1-3-6-12-9-5-4-8(2)7-10(9)14-11(12)13/h4-5,7H,3,6H2,1-2H3. The number of hydrogen-bond acceptors (Lipinski definition) is 2. The lowest BCUT2D eigenvalue weighted by atomic mass is 10.2. The van der Waals surface area contributed by atoms with Crippen molar-refractivity contribution >= 4 is 11.1 Å². The van der Waals surface area contributed by atoms with Gasteiger partial charge in [-0.1, -0.05) is 13.0 Å². The van der Waals surface area contributed by atoms with Crippen LogP contribution in [-0.2, 0) is 6.54 Å². The Balaban J connectivity index is 2.71. The van der Waals surface area contributed by atoms with Crippen molar-refractivity contribution in [2.24, 2.45) is 0 Å². The topological polar surface area (TPSA) is 35.1 Å². The molecule has 0 unspecified atom stereocenters. The van der Waals surface area contributed by atoms with E-state index in [1.807, 2.05) is 32.0 Å². The van der Waals surface area contributed by atoms with Crippen LogP contribution in [0, 0.1) is 6.92 Å². The molecular weight excluding hydrogens is 178 g/mol. The number of fused-ring (bicyclic) bond motifs is 1. The lowest BCUT2D eigenvalue weighted by molar-refractivity contribution is 0.502. The lowest BCUT2D eigenvalue weighted by Crippen LogP contribution is -2.13. The largest absolute Gasteiger partial charge is 0.419 e. The SMILES string of the molecule is CCCn1c(=O)oc2cc(C)ccc21. The average Bonchev–Trinajstić information content (AvgIpc) is 2.43. The van der Waals surface area contributed by atoms with Crippen molar-refractivity contribution in [3.63, 3.8) is 0 Å². The van der Waals surface area contributed by atoms with Crippen molar-refractivity contribution in [1.82, 2.24) is 4.57 Å². The summed E-state index contributed by atoms with van der Waals surface area (Å²) in [6, 6.07) is 5.82. The van der Waals surface area contributed by atoms with E-state index < -0.39 is 0 Å². The van der Waals surface area contributed by atoms with Crippen LogP contribution in [0.1, 0.15) is 18.9 Å². The van der Waals surface area contributed by atoms with Crippen LogP contribution in [0.3, 0.4) is 0 Å². The lowest BCUT2D eigenvalue weighted by Gasteiger charge is -1.97. The van der Waals surface area contributed by atoms with Gasteiger partial charge in [0.2, 0.25) is 0 Å². The molecule has 3 nitrogen and oxygen atoms in total. The first-order chi connectivity index (χ1) is 6.72. The first-order valence-corrected chi connectivity index (χ1v) is 4.82. The minimum absolute atomic E-state index is 0.257. The molecule has 0 saturated carbocycles. The molecule has 0 N–H and O–H groups in total. The molecule has 1 aromatic heterocycles. The Kier molecular flexibility index (Phi) is 2.15. The number of benzene rings is 1. The zero-order valence-corrected chi connectivity index (χ0v) is 8.41. The van der Waals surface area contributed by atoms with Gasteiger partial charge in [-0.2, -0.15) is 0 Å². The highest BCUT2D eigenvalue weighted by molar-refractivity contribution is 5.73. The van der Waals surface area contributed by atoms with Gasteiger partial charge in [0.1, 0.15) is 0 Å². The summed E-state index contributed by atoms with van der Waals surface area (Å²) < 4.78 is 6.82. The van der Waals surface area contributed by atoms with Gasteiger partial charge >= 0.3 is 5.76 Å². The van der Waals surface area contributed by atoms with E-state index in [0.29, 0.717) is 5.58 Å². The van der Waals surface area contributed by atoms with Crippen molar-refractivity contribution in [2.75, 3.05) is 0 Å². The molecule has 0 fully saturated rings. The number of aryl methyl sites for hydroxylation is 2. The van der Waals surface area contributed by atoms with Crippen LogP contribution in [0.4, 0.5) is 0 Å². The fourth-order valence-corrected chi connectivity index (χ4v) is 1.61. The molecule has 0 saturated heterocycles. The van der Waals surface area contributed by atoms with Gasteiger partial charge in [-0.3, -0.25) is 4.57 Å². The maximum atomic E-state index is 11.4. The van der Waals surface area contributed by atoms with E-state index in [2.05, 4.69) is 0 Å². The van der Waals surface area contributed by atoms with Crippen LogP contribution in [0.5, 0.6) is 0 Å². The summed E-state index contributed by atoms with van der Waals surface area (Å²) in [6.07, 6.45) is 0.933. The third-order valence-corrected chi connectivity index (χ3v) is 2.27. The van der Waals surface area contributed by atoms with Gasteiger partial charge in [0.25, 0.3) is 0 Å². The third-order valence-electron chi connectivity index (χ3n) is 2.27. The Morgan fingerprint density at radius 1 is 1.43 bits per heavy atom. The van der Waals surface area contributed by atoms with Crippen LogP contribution in [0.15, 0.2) is 27.4 Å². The first-order valence-electron chi connectivity index (χ1n) is 4.82. The summed E-state index contributed by atoms with van der Waals surface area (Å²) in [6.45, 7) is 4.74. The third kappa shape index (κ3) is 1.35. The second-order valence-electron chi connectivity index (χ2n) is 3.49. The molecule has 2 aromatic rings. The number of aromatic nitrogens is 1. The van der Waals surface area contributed by atoms with Crippen LogP contribution < -0.4 is 5.76 Å². The average molecular weight is 191 g/mol. The van der Waals surface area contributed by atoms with Gasteiger partial charge in [-0.25, -0.2) is 4.79 Å². The molecule has 0 aliphatic heterocycles. The Bertz CT molecular complexity index is 507. The maximum Gasteiger partial charge on any atom is 0.419 e. The summed E-state index contributed by atoms with van der Waals surface area (Å²) in [5.74, 6) is -0.257. The zero-order chi connectivity index (χ0) is 10.1. The molecule has 3 heteroatoms. The van der Waals surface area contributed by atoms with E-state index in [0.717, 1.165) is 24.0 Å². The molecule has 0 bridgehead atoms. The molecule has 0 spiro atoms. The molecule has 0 radical (unpaired) electrons. The quantitative estimate of drug-likeness (QED) is 0.730. The minimum atomic E-state index is -0.257. The number of nitrogens with zero attached hydrogens (tertiary/aromatic N) is 1. The number of hydrogen-bond donors (Lipinski definition) is 0. The van der Waals surface area contributed by atoms with Crippen molar-refractivity contribution in [1.29, 1.82) is 0 Å².